The van der Waals surface area contributed by atoms with Gasteiger partial charge in [0.1, 0.15) is 11.4 Å². The van der Waals surface area contributed by atoms with Crippen LogP contribution < -0.4 is 20.3 Å². The summed E-state index contributed by atoms with van der Waals surface area (Å²) in [4.78, 5) is 32.0. The molecule has 4 rings (SSSR count). The Morgan fingerprint density at radius 2 is 1.97 bits per heavy atom. The first-order valence-electron chi connectivity index (χ1n) is 9.95. The first-order chi connectivity index (χ1) is 15.4. The molecule has 0 saturated carbocycles. The number of aryl methyl sites for hydroxylation is 1. The van der Waals surface area contributed by atoms with Crippen molar-refractivity contribution in [1.82, 2.24) is 14.9 Å². The molecule has 9 heteroatoms. The van der Waals surface area contributed by atoms with Gasteiger partial charge in [0, 0.05) is 15.8 Å². The van der Waals surface area contributed by atoms with Crippen LogP contribution in [-0.2, 0) is 11.3 Å². The van der Waals surface area contributed by atoms with Crippen LogP contribution in [0.1, 0.15) is 24.1 Å². The van der Waals surface area contributed by atoms with E-state index in [0.717, 1.165) is 21.6 Å². The average Bonchev–Trinajstić information content (AvgIpc) is 3.45. The smallest absolute Gasteiger partial charge is 0.263 e. The van der Waals surface area contributed by atoms with Crippen molar-refractivity contribution < 1.29 is 14.3 Å². The maximum Gasteiger partial charge on any atom is 0.263 e. The first kappa shape index (κ1) is 22.0. The molecule has 0 aliphatic heterocycles. The van der Waals surface area contributed by atoms with Crippen molar-refractivity contribution in [3.63, 3.8) is 0 Å². The number of hydrogen-bond donors (Lipinski definition) is 1. The minimum Gasteiger partial charge on any atom is -0.493 e. The van der Waals surface area contributed by atoms with Gasteiger partial charge in [-0.2, -0.15) is 0 Å². The Morgan fingerprint density at radius 1 is 1.22 bits per heavy atom. The molecule has 0 radical (unpaired) electrons. The molecule has 0 fully saturated rings. The molecule has 1 N–H and O–H groups in total. The zero-order chi connectivity index (χ0) is 22.8. The number of amides is 1. The summed E-state index contributed by atoms with van der Waals surface area (Å²) in [5, 5.41) is 7.43. The van der Waals surface area contributed by atoms with Crippen LogP contribution in [-0.4, -0.2) is 29.7 Å². The number of nitrogens with zero attached hydrogens (tertiary/aromatic N) is 2. The maximum absolute atomic E-state index is 13.1. The largest absolute Gasteiger partial charge is 0.493 e. The normalized spacial score (nSPS) is 12.0. The molecule has 1 atom stereocenters. The van der Waals surface area contributed by atoms with Crippen LogP contribution in [0.5, 0.6) is 11.5 Å². The van der Waals surface area contributed by atoms with Crippen molar-refractivity contribution >= 4 is 38.8 Å². The van der Waals surface area contributed by atoms with Gasteiger partial charge in [0.15, 0.2) is 11.5 Å². The van der Waals surface area contributed by atoms with E-state index in [1.165, 1.54) is 22.2 Å². The second kappa shape index (κ2) is 9.13. The molecule has 32 heavy (non-hydrogen) atoms. The van der Waals surface area contributed by atoms with Crippen LogP contribution in [0.4, 0.5) is 0 Å². The number of aromatic nitrogens is 2. The number of carbonyl (C=O) groups excluding carboxylic acids is 1. The number of methoxy groups -OCH3 is 2. The zero-order valence-electron chi connectivity index (χ0n) is 18.2. The van der Waals surface area contributed by atoms with E-state index in [9.17, 15) is 9.59 Å². The van der Waals surface area contributed by atoms with Crippen molar-refractivity contribution in [2.45, 2.75) is 26.4 Å². The Hall–Kier alpha value is -3.17. The van der Waals surface area contributed by atoms with Gasteiger partial charge >= 0.3 is 0 Å². The maximum atomic E-state index is 13.1. The molecule has 1 aromatic carbocycles. The molecule has 166 valence electrons. The zero-order valence-corrected chi connectivity index (χ0v) is 19.8. The second-order valence-corrected chi connectivity index (χ2v) is 9.14. The van der Waals surface area contributed by atoms with Crippen LogP contribution in [0, 0.1) is 6.92 Å². The van der Waals surface area contributed by atoms with E-state index in [2.05, 4.69) is 10.3 Å². The molecule has 1 unspecified atom stereocenters. The Balaban J connectivity index is 1.57. The summed E-state index contributed by atoms with van der Waals surface area (Å²) < 4.78 is 12.1. The van der Waals surface area contributed by atoms with E-state index in [1.807, 2.05) is 48.9 Å². The number of rotatable bonds is 7. The highest BCUT2D eigenvalue weighted by Crippen LogP contribution is 2.34. The van der Waals surface area contributed by atoms with Gasteiger partial charge in [-0.25, -0.2) is 4.98 Å². The van der Waals surface area contributed by atoms with Crippen molar-refractivity contribution in [2.75, 3.05) is 14.2 Å². The second-order valence-electron chi connectivity index (χ2n) is 7.34. The molecular formula is C23H23N3O4S2. The summed E-state index contributed by atoms with van der Waals surface area (Å²) in [5.41, 5.74) is 2.52. The van der Waals surface area contributed by atoms with Crippen LogP contribution in [0.25, 0.3) is 20.7 Å². The van der Waals surface area contributed by atoms with E-state index < -0.39 is 0 Å². The lowest BCUT2D eigenvalue weighted by Gasteiger charge is -2.19. The molecule has 0 bridgehead atoms. The Kier molecular flexibility index (Phi) is 6.29. The number of benzene rings is 1. The molecule has 4 aromatic rings. The third-order valence-corrected chi connectivity index (χ3v) is 7.07. The molecular weight excluding hydrogens is 446 g/mol. The summed E-state index contributed by atoms with van der Waals surface area (Å²) in [6, 6.07) is 7.38. The molecule has 0 saturated heterocycles. The van der Waals surface area contributed by atoms with E-state index in [-0.39, 0.29) is 24.1 Å². The van der Waals surface area contributed by atoms with E-state index in [1.54, 1.807) is 25.6 Å². The van der Waals surface area contributed by atoms with Crippen molar-refractivity contribution in [1.29, 1.82) is 0 Å². The predicted octanol–water partition coefficient (Wildman–Crippen LogP) is 4.39. The van der Waals surface area contributed by atoms with Gasteiger partial charge in [-0.05, 0) is 48.6 Å². The van der Waals surface area contributed by atoms with E-state index in [0.29, 0.717) is 21.7 Å². The Labute approximate surface area is 193 Å². The third-order valence-electron chi connectivity index (χ3n) is 5.28. The van der Waals surface area contributed by atoms with Gasteiger partial charge in [0.2, 0.25) is 5.91 Å². The Bertz CT molecular complexity index is 1330. The van der Waals surface area contributed by atoms with Crippen LogP contribution in [0.2, 0.25) is 0 Å². The first-order valence-corrected chi connectivity index (χ1v) is 11.7. The topological polar surface area (TPSA) is 82.5 Å². The molecule has 7 nitrogen and oxygen atoms in total. The van der Waals surface area contributed by atoms with Crippen molar-refractivity contribution in [3.05, 3.63) is 62.8 Å². The fourth-order valence-electron chi connectivity index (χ4n) is 3.68. The summed E-state index contributed by atoms with van der Waals surface area (Å²) in [7, 11) is 3.16. The van der Waals surface area contributed by atoms with Crippen molar-refractivity contribution in [2.24, 2.45) is 0 Å². The standard InChI is InChI=1S/C23H23N3O4S2/c1-13-8-17(29-3)18(30-4)9-15(13)14(2)25-20(27)10-26-12-24-22-21(23(26)28)16(11-32-22)19-6-5-7-31-19/h5-9,11-12,14H,10H2,1-4H3,(H,25,27). The molecule has 1 amide bonds. The predicted molar refractivity (Wildman–Crippen MR) is 128 cm³/mol. The van der Waals surface area contributed by atoms with Crippen LogP contribution in [0.15, 0.2) is 46.1 Å². The highest BCUT2D eigenvalue weighted by atomic mass is 32.1. The van der Waals surface area contributed by atoms with E-state index in [4.69, 9.17) is 9.47 Å². The lowest BCUT2D eigenvalue weighted by molar-refractivity contribution is -0.122. The summed E-state index contributed by atoms with van der Waals surface area (Å²) in [6.45, 7) is 3.73. The fourth-order valence-corrected chi connectivity index (χ4v) is 5.40. The number of carbonyl (C=O) groups is 1. The van der Waals surface area contributed by atoms with Crippen LogP contribution in [0.3, 0.4) is 0 Å². The fraction of sp³-hybridized carbons (Fsp3) is 0.261. The molecule has 0 spiro atoms. The van der Waals surface area contributed by atoms with Gasteiger partial charge in [-0.3, -0.25) is 14.2 Å². The van der Waals surface area contributed by atoms with Gasteiger partial charge in [-0.1, -0.05) is 6.07 Å². The number of hydrogen-bond acceptors (Lipinski definition) is 7. The monoisotopic (exact) mass is 469 g/mol. The van der Waals surface area contributed by atoms with Crippen molar-refractivity contribution in [3.8, 4) is 21.9 Å². The lowest BCUT2D eigenvalue weighted by atomic mass is 10.0. The highest BCUT2D eigenvalue weighted by molar-refractivity contribution is 7.18. The lowest BCUT2D eigenvalue weighted by Crippen LogP contribution is -2.34. The molecule has 0 aliphatic rings. The minimum absolute atomic E-state index is 0.113. The number of fused-ring (bicyclic) bond motifs is 1. The summed E-state index contributed by atoms with van der Waals surface area (Å²) >= 11 is 3.00. The van der Waals surface area contributed by atoms with Gasteiger partial charge in [0.05, 0.1) is 32.0 Å². The van der Waals surface area contributed by atoms with Crippen LogP contribution >= 0.6 is 22.7 Å². The van der Waals surface area contributed by atoms with E-state index >= 15 is 0 Å². The number of nitrogens with one attached hydrogen (secondary N) is 1. The summed E-state index contributed by atoms with van der Waals surface area (Å²) in [6.07, 6.45) is 1.44. The van der Waals surface area contributed by atoms with Gasteiger partial charge in [-0.15, -0.1) is 22.7 Å². The van der Waals surface area contributed by atoms with Gasteiger partial charge < -0.3 is 14.8 Å². The SMILES string of the molecule is COc1cc(C)c(C(C)NC(=O)Cn2cnc3scc(-c4cccs4)c3c2=O)cc1OC. The Morgan fingerprint density at radius 3 is 2.66 bits per heavy atom. The summed E-state index contributed by atoms with van der Waals surface area (Å²) in [5.74, 6) is 0.956. The number of thiophene rings is 2. The molecule has 0 aliphatic carbocycles. The third kappa shape index (κ3) is 4.13. The average molecular weight is 470 g/mol. The molecule has 3 aromatic heterocycles. The minimum atomic E-state index is -0.280. The quantitative estimate of drug-likeness (QED) is 0.434. The van der Waals surface area contributed by atoms with Gasteiger partial charge in [0.25, 0.3) is 5.56 Å². The molecule has 3 heterocycles. The number of ether oxygens (including phenoxy) is 2. The highest BCUT2D eigenvalue weighted by Gasteiger charge is 2.18.